The van der Waals surface area contributed by atoms with Crippen molar-refractivity contribution in [1.82, 2.24) is 0 Å². The minimum Gasteiger partial charge on any atom is -0.507 e. The van der Waals surface area contributed by atoms with Crippen LogP contribution in [0.5, 0.6) is 5.75 Å². The van der Waals surface area contributed by atoms with E-state index in [0.29, 0.717) is 28.1 Å². The number of para-hydroxylation sites is 1. The van der Waals surface area contributed by atoms with Crippen molar-refractivity contribution in [3.8, 4) is 5.75 Å². The number of allylic oxidation sites excluding steroid dienone is 2. The highest BCUT2D eigenvalue weighted by Crippen LogP contribution is 2.38. The van der Waals surface area contributed by atoms with Crippen molar-refractivity contribution in [3.05, 3.63) is 126 Å². The van der Waals surface area contributed by atoms with Crippen molar-refractivity contribution >= 4 is 5.71 Å². The molecule has 0 saturated carbocycles. The fourth-order valence-corrected chi connectivity index (χ4v) is 3.21. The number of rotatable bonds is 6. The Hall–Kier alpha value is -3.43. The zero-order chi connectivity index (χ0) is 20.0. The van der Waals surface area contributed by atoms with E-state index in [1.807, 2.05) is 73.7 Å². The molecule has 0 heterocycles. The molecule has 0 aromatic heterocycles. The van der Waals surface area contributed by atoms with Crippen LogP contribution in [0.4, 0.5) is 0 Å². The normalized spacial score (nSPS) is 12.6. The lowest BCUT2D eigenvalue weighted by Gasteiger charge is -2.30. The molecule has 3 nitrogen and oxygen atoms in total. The Morgan fingerprint density at radius 1 is 0.857 bits per heavy atom. The monoisotopic (exact) mass is 369 g/mol. The molecule has 0 aliphatic carbocycles. The largest absolute Gasteiger partial charge is 0.507 e. The summed E-state index contributed by atoms with van der Waals surface area (Å²) in [6.07, 6.45) is 3.36. The third-order valence-electron chi connectivity index (χ3n) is 4.64. The first-order valence-corrected chi connectivity index (χ1v) is 9.11. The van der Waals surface area contributed by atoms with Crippen molar-refractivity contribution in [3.63, 3.8) is 0 Å². The van der Waals surface area contributed by atoms with Crippen LogP contribution in [0, 0.1) is 0 Å². The van der Waals surface area contributed by atoms with E-state index in [2.05, 4.69) is 6.58 Å². The molecule has 3 aromatic rings. The molecule has 3 heteroatoms. The second kappa shape index (κ2) is 8.51. The summed E-state index contributed by atoms with van der Waals surface area (Å²) in [6, 6.07) is 25.8. The Labute approximate surface area is 165 Å². The number of aliphatic hydroxyl groups is 1. The highest BCUT2D eigenvalue weighted by atomic mass is 16.3. The molecule has 0 aliphatic heterocycles. The van der Waals surface area contributed by atoms with Crippen LogP contribution < -0.4 is 0 Å². The first kappa shape index (κ1) is 19.3. The molecule has 3 aromatic carbocycles. The summed E-state index contributed by atoms with van der Waals surface area (Å²) < 4.78 is 0. The van der Waals surface area contributed by atoms with Gasteiger partial charge in [0.05, 0.1) is 11.4 Å². The van der Waals surface area contributed by atoms with Crippen LogP contribution in [-0.2, 0) is 5.60 Å². The third kappa shape index (κ3) is 3.66. The van der Waals surface area contributed by atoms with Gasteiger partial charge in [0, 0.05) is 5.56 Å². The van der Waals surface area contributed by atoms with E-state index in [1.54, 1.807) is 30.4 Å². The highest BCUT2D eigenvalue weighted by Gasteiger charge is 2.36. The SMILES string of the molecule is C=CC(=N/C(=C\C)C(O)(c1ccccc1)c1ccccc1)c1ccccc1O. The van der Waals surface area contributed by atoms with Crippen molar-refractivity contribution in [2.75, 3.05) is 0 Å². The Kier molecular flexibility index (Phi) is 5.87. The van der Waals surface area contributed by atoms with Gasteiger partial charge in [-0.3, -0.25) is 0 Å². The van der Waals surface area contributed by atoms with Crippen molar-refractivity contribution in [2.24, 2.45) is 4.99 Å². The molecule has 28 heavy (non-hydrogen) atoms. The maximum atomic E-state index is 11.9. The number of hydrogen-bond acceptors (Lipinski definition) is 3. The number of aliphatic imine (C=N–C) groups is 1. The van der Waals surface area contributed by atoms with Gasteiger partial charge in [-0.05, 0) is 36.3 Å². The molecule has 3 rings (SSSR count). The number of phenols is 1. The summed E-state index contributed by atoms with van der Waals surface area (Å²) in [6.45, 7) is 5.68. The molecule has 0 saturated heterocycles. The molecule has 0 unspecified atom stereocenters. The summed E-state index contributed by atoms with van der Waals surface area (Å²) in [5.74, 6) is 0.111. The van der Waals surface area contributed by atoms with Crippen LogP contribution in [-0.4, -0.2) is 15.9 Å². The van der Waals surface area contributed by atoms with E-state index < -0.39 is 5.60 Å². The summed E-state index contributed by atoms with van der Waals surface area (Å²) in [5, 5.41) is 22.1. The van der Waals surface area contributed by atoms with Gasteiger partial charge in [-0.25, -0.2) is 4.99 Å². The van der Waals surface area contributed by atoms with Crippen molar-refractivity contribution in [2.45, 2.75) is 12.5 Å². The topological polar surface area (TPSA) is 52.8 Å². The molecule has 0 radical (unpaired) electrons. The summed E-state index contributed by atoms with van der Waals surface area (Å²) in [4.78, 5) is 4.72. The molecule has 0 atom stereocenters. The van der Waals surface area contributed by atoms with Crippen LogP contribution >= 0.6 is 0 Å². The molecular weight excluding hydrogens is 346 g/mol. The van der Waals surface area contributed by atoms with Gasteiger partial charge in [0.15, 0.2) is 5.60 Å². The molecule has 0 spiro atoms. The Balaban J connectivity index is 2.21. The minimum absolute atomic E-state index is 0.111. The van der Waals surface area contributed by atoms with E-state index >= 15 is 0 Å². The lowest BCUT2D eigenvalue weighted by molar-refractivity contribution is 0.119. The third-order valence-corrected chi connectivity index (χ3v) is 4.64. The summed E-state index contributed by atoms with van der Waals surface area (Å²) in [5.41, 5.74) is 1.45. The Bertz CT molecular complexity index is 965. The molecule has 140 valence electrons. The van der Waals surface area contributed by atoms with Gasteiger partial charge in [-0.15, -0.1) is 0 Å². The van der Waals surface area contributed by atoms with E-state index in [4.69, 9.17) is 4.99 Å². The molecule has 0 fully saturated rings. The maximum Gasteiger partial charge on any atom is 0.156 e. The second-order valence-corrected chi connectivity index (χ2v) is 6.33. The smallest absolute Gasteiger partial charge is 0.156 e. The summed E-state index contributed by atoms with van der Waals surface area (Å²) >= 11 is 0. The number of phenolic OH excluding ortho intramolecular Hbond substituents is 1. The molecule has 0 aliphatic rings. The van der Waals surface area contributed by atoms with Crippen LogP contribution in [0.3, 0.4) is 0 Å². The average Bonchev–Trinajstić information content (AvgIpc) is 2.76. The molecule has 0 bridgehead atoms. The van der Waals surface area contributed by atoms with E-state index in [-0.39, 0.29) is 5.75 Å². The van der Waals surface area contributed by atoms with E-state index in [9.17, 15) is 10.2 Å². The predicted molar refractivity (Wildman–Crippen MR) is 114 cm³/mol. The van der Waals surface area contributed by atoms with Gasteiger partial charge in [0.2, 0.25) is 0 Å². The van der Waals surface area contributed by atoms with Gasteiger partial charge in [-0.2, -0.15) is 0 Å². The second-order valence-electron chi connectivity index (χ2n) is 6.33. The predicted octanol–water partition coefficient (Wildman–Crippen LogP) is 5.21. The lowest BCUT2D eigenvalue weighted by Crippen LogP contribution is -2.29. The quantitative estimate of drug-likeness (QED) is 0.586. The number of benzene rings is 3. The zero-order valence-electron chi connectivity index (χ0n) is 15.8. The van der Waals surface area contributed by atoms with Crippen molar-refractivity contribution in [1.29, 1.82) is 0 Å². The van der Waals surface area contributed by atoms with Crippen LogP contribution in [0.15, 0.2) is 114 Å². The van der Waals surface area contributed by atoms with E-state index in [0.717, 1.165) is 0 Å². The maximum absolute atomic E-state index is 11.9. The standard InChI is InChI=1S/C25H23NO2/c1-3-22(21-17-11-12-18-23(21)27)26-24(4-2)25(28,19-13-7-5-8-14-19)20-15-9-6-10-16-20/h3-18,27-28H,1H2,2H3/b24-4-,26-22?. The molecular formula is C25H23NO2. The number of aromatic hydroxyl groups is 1. The average molecular weight is 369 g/mol. The zero-order valence-corrected chi connectivity index (χ0v) is 15.8. The van der Waals surface area contributed by atoms with Gasteiger partial charge < -0.3 is 10.2 Å². The summed E-state index contributed by atoms with van der Waals surface area (Å²) in [7, 11) is 0. The van der Waals surface area contributed by atoms with Crippen molar-refractivity contribution < 1.29 is 10.2 Å². The van der Waals surface area contributed by atoms with Gasteiger partial charge >= 0.3 is 0 Å². The van der Waals surface area contributed by atoms with Gasteiger partial charge in [0.1, 0.15) is 5.75 Å². The van der Waals surface area contributed by atoms with Gasteiger partial charge in [-0.1, -0.05) is 85.5 Å². The van der Waals surface area contributed by atoms with E-state index in [1.165, 1.54) is 0 Å². The number of nitrogens with zero attached hydrogens (tertiary/aromatic N) is 1. The lowest BCUT2D eigenvalue weighted by atomic mass is 9.83. The molecule has 0 amide bonds. The first-order chi connectivity index (χ1) is 13.6. The van der Waals surface area contributed by atoms with Crippen LogP contribution in [0.25, 0.3) is 0 Å². The Morgan fingerprint density at radius 3 is 1.82 bits per heavy atom. The molecule has 2 N–H and O–H groups in total. The minimum atomic E-state index is -1.45. The van der Waals surface area contributed by atoms with Gasteiger partial charge in [0.25, 0.3) is 0 Å². The fourth-order valence-electron chi connectivity index (χ4n) is 3.21. The van der Waals surface area contributed by atoms with Crippen LogP contribution in [0.1, 0.15) is 23.6 Å². The number of hydrogen-bond donors (Lipinski definition) is 2. The first-order valence-electron chi connectivity index (χ1n) is 9.11. The van der Waals surface area contributed by atoms with Crippen LogP contribution in [0.2, 0.25) is 0 Å². The fraction of sp³-hybridized carbons (Fsp3) is 0.0800. The highest BCUT2D eigenvalue weighted by molar-refractivity contribution is 6.10. The Morgan fingerprint density at radius 2 is 1.36 bits per heavy atom.